The summed E-state index contributed by atoms with van der Waals surface area (Å²) in [6.45, 7) is 9.93. The Hall–Kier alpha value is -4.44. The van der Waals surface area contributed by atoms with Crippen LogP contribution in [-0.4, -0.2) is 48.1 Å². The molecule has 1 aliphatic rings. The highest BCUT2D eigenvalue weighted by atomic mass is 32.1. The highest BCUT2D eigenvalue weighted by Gasteiger charge is 2.48. The maximum absolute atomic E-state index is 13.5. The van der Waals surface area contributed by atoms with Gasteiger partial charge in [0.1, 0.15) is 28.7 Å². The zero-order chi connectivity index (χ0) is 29.0. The van der Waals surface area contributed by atoms with Gasteiger partial charge in [0.05, 0.1) is 31.0 Å². The zero-order valence-electron chi connectivity index (χ0n) is 22.7. The van der Waals surface area contributed by atoms with Crippen molar-refractivity contribution in [1.29, 1.82) is 0 Å². The van der Waals surface area contributed by atoms with Crippen molar-refractivity contribution in [3.63, 3.8) is 0 Å². The summed E-state index contributed by atoms with van der Waals surface area (Å²) in [7, 11) is 1.26. The highest BCUT2D eigenvalue weighted by molar-refractivity contribution is 7.17. The lowest BCUT2D eigenvalue weighted by molar-refractivity contribution is -0.132. The third kappa shape index (κ3) is 5.48. The number of methoxy groups -OCH3 is 1. The van der Waals surface area contributed by atoms with Gasteiger partial charge in [0.15, 0.2) is 5.13 Å². The van der Waals surface area contributed by atoms with E-state index in [4.69, 9.17) is 14.2 Å². The second kappa shape index (κ2) is 12.2. The number of rotatable bonds is 10. The van der Waals surface area contributed by atoms with Crippen LogP contribution in [-0.2, 0) is 14.3 Å². The zero-order valence-corrected chi connectivity index (χ0v) is 23.5. The number of aryl methyl sites for hydroxylation is 2. The lowest BCUT2D eigenvalue weighted by Crippen LogP contribution is -2.29. The van der Waals surface area contributed by atoms with E-state index in [0.29, 0.717) is 41.5 Å². The summed E-state index contributed by atoms with van der Waals surface area (Å²) < 4.78 is 16.2. The number of aliphatic hydroxyl groups is 1. The van der Waals surface area contributed by atoms with Crippen molar-refractivity contribution >= 4 is 39.9 Å². The van der Waals surface area contributed by atoms with Crippen LogP contribution in [0.2, 0.25) is 0 Å². The number of carbonyl (C=O) groups excluding carboxylic acids is 3. The smallest absolute Gasteiger partial charge is 0.350 e. The first kappa shape index (κ1) is 28.6. The van der Waals surface area contributed by atoms with Gasteiger partial charge in [-0.15, -0.1) is 0 Å². The first-order valence-electron chi connectivity index (χ1n) is 12.7. The van der Waals surface area contributed by atoms with Gasteiger partial charge in [0.25, 0.3) is 5.78 Å². The first-order chi connectivity index (χ1) is 19.2. The van der Waals surface area contributed by atoms with E-state index in [0.717, 1.165) is 23.3 Å². The minimum Gasteiger partial charge on any atom is -0.507 e. The summed E-state index contributed by atoms with van der Waals surface area (Å²) in [6, 6.07) is 10.9. The Morgan fingerprint density at radius 3 is 2.50 bits per heavy atom. The van der Waals surface area contributed by atoms with Gasteiger partial charge in [0, 0.05) is 5.56 Å². The topological polar surface area (TPSA) is 115 Å². The molecule has 0 bridgehead atoms. The van der Waals surface area contributed by atoms with E-state index >= 15 is 0 Å². The van der Waals surface area contributed by atoms with Gasteiger partial charge in [-0.1, -0.05) is 43.0 Å². The second-order valence-electron chi connectivity index (χ2n) is 9.07. The molecule has 2 aromatic carbocycles. The maximum atomic E-state index is 13.5. The van der Waals surface area contributed by atoms with Crippen molar-refractivity contribution < 1.29 is 33.7 Å². The lowest BCUT2D eigenvalue weighted by atomic mass is 9.95. The van der Waals surface area contributed by atoms with Gasteiger partial charge in [-0.3, -0.25) is 14.5 Å². The van der Waals surface area contributed by atoms with Gasteiger partial charge < -0.3 is 19.3 Å². The molecule has 2 heterocycles. The van der Waals surface area contributed by atoms with Gasteiger partial charge in [-0.05, 0) is 61.7 Å². The standard InChI is InChI=1S/C30H30N2O7S/c1-6-14-38-21-11-8-19(9-12-21)24-23(25(33)20-10-13-22(17(3)16-20)39-15-7-2)26(34)28(35)32(24)30-31-18(4)27(40-30)29(36)37-5/h7-13,16,24,33H,2,6,14-15H2,1,3-5H3/t24-/m0/s1. The summed E-state index contributed by atoms with van der Waals surface area (Å²) in [5.41, 5.74) is 1.90. The second-order valence-corrected chi connectivity index (χ2v) is 10.0. The van der Waals surface area contributed by atoms with E-state index in [1.165, 1.54) is 12.0 Å². The van der Waals surface area contributed by atoms with Crippen LogP contribution in [0.4, 0.5) is 5.13 Å². The Morgan fingerprint density at radius 1 is 1.15 bits per heavy atom. The van der Waals surface area contributed by atoms with Crippen LogP contribution < -0.4 is 14.4 Å². The van der Waals surface area contributed by atoms with Gasteiger partial charge >= 0.3 is 11.9 Å². The number of Topliss-reactive ketones (excluding diaryl/α,β-unsaturated/α-hetero) is 1. The Bertz CT molecular complexity index is 1490. The summed E-state index contributed by atoms with van der Waals surface area (Å²) in [5.74, 6) is -1.44. The number of anilines is 1. The molecule has 40 heavy (non-hydrogen) atoms. The number of hydrogen-bond acceptors (Lipinski definition) is 9. The van der Waals surface area contributed by atoms with Crippen molar-refractivity contribution in [2.24, 2.45) is 0 Å². The summed E-state index contributed by atoms with van der Waals surface area (Å²) in [6.07, 6.45) is 2.46. The summed E-state index contributed by atoms with van der Waals surface area (Å²) in [5, 5.41) is 11.6. The molecule has 208 valence electrons. The largest absolute Gasteiger partial charge is 0.507 e. The molecule has 0 saturated carbocycles. The molecule has 4 rings (SSSR count). The van der Waals surface area contributed by atoms with Crippen molar-refractivity contribution in [1.82, 2.24) is 4.98 Å². The van der Waals surface area contributed by atoms with E-state index in [2.05, 4.69) is 11.6 Å². The first-order valence-corrected chi connectivity index (χ1v) is 13.5. The van der Waals surface area contributed by atoms with Crippen LogP contribution in [0.5, 0.6) is 11.5 Å². The molecule has 3 aromatic rings. The molecule has 10 heteroatoms. The quantitative estimate of drug-likeness (QED) is 0.113. The third-order valence-electron chi connectivity index (χ3n) is 6.28. The molecular formula is C30H30N2O7S. The van der Waals surface area contributed by atoms with Gasteiger partial charge in [-0.2, -0.15) is 0 Å². The Kier molecular flexibility index (Phi) is 8.69. The average Bonchev–Trinajstić information content (AvgIpc) is 3.46. The van der Waals surface area contributed by atoms with Crippen LogP contribution in [0.15, 0.2) is 60.7 Å². The molecule has 0 unspecified atom stereocenters. The van der Waals surface area contributed by atoms with E-state index in [9.17, 15) is 19.5 Å². The number of thiazole rings is 1. The van der Waals surface area contributed by atoms with Crippen molar-refractivity contribution in [3.05, 3.63) is 88.0 Å². The molecular weight excluding hydrogens is 532 g/mol. The summed E-state index contributed by atoms with van der Waals surface area (Å²) >= 11 is 0.943. The minimum atomic E-state index is -1.01. The number of hydrogen-bond donors (Lipinski definition) is 1. The minimum absolute atomic E-state index is 0.0983. The fourth-order valence-electron chi connectivity index (χ4n) is 4.34. The number of esters is 1. The SMILES string of the molecule is C=CCOc1ccc(C(O)=C2C(=O)C(=O)N(c3nc(C)c(C(=O)OC)s3)[C@H]2c2ccc(OCCC)cc2)cc1C. The number of ether oxygens (including phenoxy) is 3. The Labute approximate surface area is 236 Å². The molecule has 9 nitrogen and oxygen atoms in total. The number of nitrogens with zero attached hydrogens (tertiary/aromatic N) is 2. The monoisotopic (exact) mass is 562 g/mol. The molecule has 1 aromatic heterocycles. The van der Waals surface area contributed by atoms with E-state index < -0.39 is 23.7 Å². The molecule has 1 aliphatic heterocycles. The number of benzene rings is 2. The molecule has 1 N–H and O–H groups in total. The van der Waals surface area contributed by atoms with Crippen molar-refractivity contribution in [2.75, 3.05) is 25.2 Å². The molecule has 1 saturated heterocycles. The highest BCUT2D eigenvalue weighted by Crippen LogP contribution is 2.44. The number of carbonyl (C=O) groups is 3. The predicted molar refractivity (Wildman–Crippen MR) is 152 cm³/mol. The third-order valence-corrected chi connectivity index (χ3v) is 7.42. The predicted octanol–water partition coefficient (Wildman–Crippen LogP) is 5.53. The normalized spacial score (nSPS) is 16.2. The van der Waals surface area contributed by atoms with Crippen molar-refractivity contribution in [2.45, 2.75) is 33.2 Å². The fraction of sp³-hybridized carbons (Fsp3) is 0.267. The molecule has 1 atom stereocenters. The van der Waals surface area contributed by atoms with Crippen LogP contribution in [0.25, 0.3) is 5.76 Å². The molecule has 1 amide bonds. The number of amides is 1. The molecule has 1 fully saturated rings. The molecule has 0 aliphatic carbocycles. The van der Waals surface area contributed by atoms with Crippen LogP contribution in [0.3, 0.4) is 0 Å². The molecule has 0 spiro atoms. The van der Waals surface area contributed by atoms with Gasteiger partial charge in [0.2, 0.25) is 0 Å². The number of ketones is 1. The van der Waals surface area contributed by atoms with E-state index in [1.807, 2.05) is 13.8 Å². The Morgan fingerprint density at radius 2 is 1.88 bits per heavy atom. The Balaban J connectivity index is 1.86. The van der Waals surface area contributed by atoms with Crippen LogP contribution in [0.1, 0.15) is 51.4 Å². The van der Waals surface area contributed by atoms with E-state index in [1.54, 1.807) is 55.5 Å². The van der Waals surface area contributed by atoms with Crippen LogP contribution in [0, 0.1) is 13.8 Å². The fourth-order valence-corrected chi connectivity index (χ4v) is 5.35. The van der Waals surface area contributed by atoms with Gasteiger partial charge in [-0.25, -0.2) is 9.78 Å². The van der Waals surface area contributed by atoms with Crippen LogP contribution >= 0.6 is 11.3 Å². The number of aromatic nitrogens is 1. The van der Waals surface area contributed by atoms with E-state index in [-0.39, 0.29) is 21.3 Å². The molecule has 0 radical (unpaired) electrons. The number of aliphatic hydroxyl groups excluding tert-OH is 1. The lowest BCUT2D eigenvalue weighted by Gasteiger charge is -2.23. The average molecular weight is 563 g/mol. The maximum Gasteiger partial charge on any atom is 0.350 e. The summed E-state index contributed by atoms with van der Waals surface area (Å²) in [4.78, 5) is 45.1. The van der Waals surface area contributed by atoms with Crippen molar-refractivity contribution in [3.8, 4) is 11.5 Å².